The van der Waals surface area contributed by atoms with E-state index in [4.69, 9.17) is 5.73 Å². The molecule has 1 saturated carbocycles. The Labute approximate surface area is 106 Å². The Morgan fingerprint density at radius 2 is 2.00 bits per heavy atom. The number of amides is 1. The second kappa shape index (κ2) is 5.14. The van der Waals surface area contributed by atoms with Crippen LogP contribution in [-0.4, -0.2) is 23.0 Å². The van der Waals surface area contributed by atoms with Crippen LogP contribution < -0.4 is 11.1 Å². The molecule has 0 saturated heterocycles. The number of nitrogens with zero attached hydrogens (tertiary/aromatic N) is 1. The Balaban J connectivity index is 1.95. The van der Waals surface area contributed by atoms with Crippen molar-refractivity contribution in [2.24, 2.45) is 5.73 Å². The highest BCUT2D eigenvalue weighted by molar-refractivity contribution is 7.13. The average molecular weight is 253 g/mol. The van der Waals surface area contributed by atoms with Crippen LogP contribution in [-0.2, 0) is 0 Å². The smallest absolute Gasteiger partial charge is 0.263 e. The van der Waals surface area contributed by atoms with Gasteiger partial charge in [-0.3, -0.25) is 4.79 Å². The molecule has 0 aliphatic heterocycles. The maximum Gasteiger partial charge on any atom is 0.263 e. The van der Waals surface area contributed by atoms with E-state index in [-0.39, 0.29) is 11.9 Å². The summed E-state index contributed by atoms with van der Waals surface area (Å²) in [4.78, 5) is 17.1. The van der Waals surface area contributed by atoms with Gasteiger partial charge < -0.3 is 11.1 Å². The van der Waals surface area contributed by atoms with Crippen LogP contribution in [0.1, 0.15) is 46.1 Å². The minimum Gasteiger partial charge on any atom is -0.349 e. The highest BCUT2D eigenvalue weighted by Crippen LogP contribution is 2.20. The number of hydrogen-bond donors (Lipinski definition) is 2. The van der Waals surface area contributed by atoms with Crippen molar-refractivity contribution in [2.45, 2.75) is 51.6 Å². The van der Waals surface area contributed by atoms with E-state index in [1.54, 1.807) is 0 Å². The van der Waals surface area contributed by atoms with Gasteiger partial charge in [-0.05, 0) is 39.5 Å². The van der Waals surface area contributed by atoms with Gasteiger partial charge in [-0.1, -0.05) is 0 Å². The minimum absolute atomic E-state index is 0.0218. The van der Waals surface area contributed by atoms with Gasteiger partial charge in [0.15, 0.2) is 0 Å². The molecule has 1 amide bonds. The van der Waals surface area contributed by atoms with Crippen LogP contribution in [0.2, 0.25) is 0 Å². The van der Waals surface area contributed by atoms with Crippen LogP contribution in [0.4, 0.5) is 0 Å². The van der Waals surface area contributed by atoms with Crippen molar-refractivity contribution in [1.82, 2.24) is 10.3 Å². The van der Waals surface area contributed by atoms with Crippen LogP contribution in [0.25, 0.3) is 0 Å². The lowest BCUT2D eigenvalue weighted by molar-refractivity contribution is 0.0929. The van der Waals surface area contributed by atoms with Crippen LogP contribution in [0, 0.1) is 13.8 Å². The highest BCUT2D eigenvalue weighted by Gasteiger charge is 2.22. The molecule has 1 aliphatic rings. The number of thiazole rings is 1. The lowest BCUT2D eigenvalue weighted by Crippen LogP contribution is -2.40. The Hall–Kier alpha value is -0.940. The first kappa shape index (κ1) is 12.5. The van der Waals surface area contributed by atoms with Crippen LogP contribution in [0.15, 0.2) is 0 Å². The number of carbonyl (C=O) groups excluding carboxylic acids is 1. The van der Waals surface area contributed by atoms with E-state index < -0.39 is 0 Å². The number of rotatable bonds is 2. The number of nitrogens with one attached hydrogen (secondary N) is 1. The molecule has 17 heavy (non-hydrogen) atoms. The third-order valence-corrected chi connectivity index (χ3v) is 4.29. The summed E-state index contributed by atoms with van der Waals surface area (Å²) in [7, 11) is 0. The SMILES string of the molecule is Cc1nc(C)c(C(=O)NC2CCC(N)CC2)s1. The number of carbonyl (C=O) groups is 1. The van der Waals surface area contributed by atoms with Crippen LogP contribution in [0.3, 0.4) is 0 Å². The largest absolute Gasteiger partial charge is 0.349 e. The Bertz CT molecular complexity index is 408. The summed E-state index contributed by atoms with van der Waals surface area (Å²) in [5.74, 6) is 0.0218. The lowest BCUT2D eigenvalue weighted by atomic mass is 9.92. The van der Waals surface area contributed by atoms with Crippen molar-refractivity contribution in [1.29, 1.82) is 0 Å². The van der Waals surface area contributed by atoms with Gasteiger partial charge in [0.25, 0.3) is 5.91 Å². The maximum atomic E-state index is 12.1. The van der Waals surface area contributed by atoms with Gasteiger partial charge in [0, 0.05) is 12.1 Å². The molecule has 0 radical (unpaired) electrons. The summed E-state index contributed by atoms with van der Waals surface area (Å²) >= 11 is 1.46. The predicted molar refractivity (Wildman–Crippen MR) is 69.3 cm³/mol. The maximum absolute atomic E-state index is 12.1. The molecular formula is C12H19N3OS. The van der Waals surface area contributed by atoms with E-state index >= 15 is 0 Å². The fourth-order valence-electron chi connectivity index (χ4n) is 2.26. The van der Waals surface area contributed by atoms with Crippen molar-refractivity contribution in [2.75, 3.05) is 0 Å². The standard InChI is InChI=1S/C12H19N3OS/c1-7-11(17-8(2)14-7)12(16)15-10-5-3-9(13)4-6-10/h9-10H,3-6,13H2,1-2H3,(H,15,16). The van der Waals surface area contributed by atoms with Gasteiger partial charge in [0.2, 0.25) is 0 Å². The monoisotopic (exact) mass is 253 g/mol. The van der Waals surface area contributed by atoms with Gasteiger partial charge in [0.1, 0.15) is 4.88 Å². The highest BCUT2D eigenvalue weighted by atomic mass is 32.1. The quantitative estimate of drug-likeness (QED) is 0.844. The molecular weight excluding hydrogens is 234 g/mol. The molecule has 1 fully saturated rings. The van der Waals surface area contributed by atoms with E-state index in [0.29, 0.717) is 6.04 Å². The molecule has 4 nitrogen and oxygen atoms in total. The number of nitrogens with two attached hydrogens (primary N) is 1. The fraction of sp³-hybridized carbons (Fsp3) is 0.667. The van der Waals surface area contributed by atoms with Crippen molar-refractivity contribution < 1.29 is 4.79 Å². The first-order valence-corrected chi connectivity index (χ1v) is 6.88. The topological polar surface area (TPSA) is 68.0 Å². The molecule has 1 aromatic rings. The molecule has 0 bridgehead atoms. The number of aromatic nitrogens is 1. The zero-order valence-electron chi connectivity index (χ0n) is 10.3. The lowest BCUT2D eigenvalue weighted by Gasteiger charge is -2.26. The zero-order chi connectivity index (χ0) is 12.4. The predicted octanol–water partition coefficient (Wildman–Crippen LogP) is 1.76. The van der Waals surface area contributed by atoms with Gasteiger partial charge in [-0.2, -0.15) is 0 Å². The minimum atomic E-state index is 0.0218. The van der Waals surface area contributed by atoms with E-state index in [1.807, 2.05) is 13.8 Å². The van der Waals surface area contributed by atoms with Crippen molar-refractivity contribution >= 4 is 17.2 Å². The molecule has 0 aromatic carbocycles. The molecule has 94 valence electrons. The van der Waals surface area contributed by atoms with Gasteiger partial charge in [-0.25, -0.2) is 4.98 Å². The third kappa shape index (κ3) is 3.04. The van der Waals surface area contributed by atoms with Crippen molar-refractivity contribution in [3.8, 4) is 0 Å². The second-order valence-corrected chi connectivity index (χ2v) is 5.94. The Kier molecular flexibility index (Phi) is 3.79. The summed E-state index contributed by atoms with van der Waals surface area (Å²) in [5, 5.41) is 4.03. The second-order valence-electron chi connectivity index (χ2n) is 4.73. The summed E-state index contributed by atoms with van der Waals surface area (Å²) in [6, 6.07) is 0.597. The first-order chi connectivity index (χ1) is 8.06. The summed E-state index contributed by atoms with van der Waals surface area (Å²) in [6.45, 7) is 3.81. The Morgan fingerprint density at radius 3 is 2.53 bits per heavy atom. The van der Waals surface area contributed by atoms with Gasteiger partial charge in [0.05, 0.1) is 10.7 Å². The van der Waals surface area contributed by atoms with E-state index in [2.05, 4.69) is 10.3 Å². The van der Waals surface area contributed by atoms with E-state index in [0.717, 1.165) is 41.3 Å². The van der Waals surface area contributed by atoms with E-state index in [1.165, 1.54) is 11.3 Å². The zero-order valence-corrected chi connectivity index (χ0v) is 11.1. The molecule has 3 N–H and O–H groups in total. The number of hydrogen-bond acceptors (Lipinski definition) is 4. The van der Waals surface area contributed by atoms with Gasteiger partial charge >= 0.3 is 0 Å². The first-order valence-electron chi connectivity index (χ1n) is 6.06. The average Bonchev–Trinajstić information content (AvgIpc) is 2.61. The molecule has 5 heteroatoms. The normalized spacial score (nSPS) is 24.6. The van der Waals surface area contributed by atoms with Crippen molar-refractivity contribution in [3.63, 3.8) is 0 Å². The van der Waals surface area contributed by atoms with E-state index in [9.17, 15) is 4.79 Å². The molecule has 2 rings (SSSR count). The molecule has 1 aromatic heterocycles. The third-order valence-electron chi connectivity index (χ3n) is 3.22. The number of aryl methyl sites for hydroxylation is 2. The molecule has 1 aliphatic carbocycles. The summed E-state index contributed by atoms with van der Waals surface area (Å²) < 4.78 is 0. The van der Waals surface area contributed by atoms with Gasteiger partial charge in [-0.15, -0.1) is 11.3 Å². The molecule has 0 atom stereocenters. The van der Waals surface area contributed by atoms with Crippen LogP contribution >= 0.6 is 11.3 Å². The van der Waals surface area contributed by atoms with Crippen LogP contribution in [0.5, 0.6) is 0 Å². The molecule has 0 spiro atoms. The summed E-state index contributed by atoms with van der Waals surface area (Å²) in [6.07, 6.45) is 3.99. The van der Waals surface area contributed by atoms with Crippen molar-refractivity contribution in [3.05, 3.63) is 15.6 Å². The summed E-state index contributed by atoms with van der Waals surface area (Å²) in [5.41, 5.74) is 6.68. The molecule has 0 unspecified atom stereocenters. The molecule has 1 heterocycles. The fourth-order valence-corrected chi connectivity index (χ4v) is 3.08. The Morgan fingerprint density at radius 1 is 1.35 bits per heavy atom.